The van der Waals surface area contributed by atoms with Gasteiger partial charge in [-0.2, -0.15) is 0 Å². The van der Waals surface area contributed by atoms with Gasteiger partial charge in [0.2, 0.25) is 5.91 Å². The molecular weight excluding hydrogens is 332 g/mol. The Morgan fingerprint density at radius 2 is 2.08 bits per heavy atom. The summed E-state index contributed by atoms with van der Waals surface area (Å²) in [7, 11) is 0. The number of rotatable bonds is 4. The molecule has 6 heteroatoms. The van der Waals surface area contributed by atoms with Crippen LogP contribution in [0, 0.1) is 5.92 Å². The van der Waals surface area contributed by atoms with E-state index in [0.717, 1.165) is 12.8 Å². The Bertz CT molecular complexity index is 769. The van der Waals surface area contributed by atoms with E-state index in [4.69, 9.17) is 4.74 Å². The molecule has 1 aromatic rings. The van der Waals surface area contributed by atoms with E-state index < -0.39 is 23.5 Å². The lowest BCUT2D eigenvalue weighted by Gasteiger charge is -2.42. The first-order chi connectivity index (χ1) is 12.3. The fourth-order valence-electron chi connectivity index (χ4n) is 3.40. The number of carbonyl (C=O) groups excluding carboxylic acids is 3. The summed E-state index contributed by atoms with van der Waals surface area (Å²) in [6.07, 6.45) is 5.28. The Morgan fingerprint density at radius 3 is 2.77 bits per heavy atom. The molecule has 0 bridgehead atoms. The molecule has 2 atom stereocenters. The second-order valence-electron chi connectivity index (χ2n) is 7.31. The number of hydrogen-bond donors (Lipinski definition) is 1. The minimum atomic E-state index is -1.08. The van der Waals surface area contributed by atoms with Crippen molar-refractivity contribution >= 4 is 29.2 Å². The van der Waals surface area contributed by atoms with Crippen LogP contribution in [0.1, 0.15) is 40.0 Å². The zero-order valence-electron chi connectivity index (χ0n) is 15.3. The van der Waals surface area contributed by atoms with E-state index in [1.807, 2.05) is 6.08 Å². The molecule has 1 aliphatic heterocycles. The highest BCUT2D eigenvalue weighted by Crippen LogP contribution is 2.37. The molecule has 0 unspecified atom stereocenters. The molecule has 6 nitrogen and oxygen atoms in total. The van der Waals surface area contributed by atoms with Gasteiger partial charge in [-0.1, -0.05) is 24.3 Å². The summed E-state index contributed by atoms with van der Waals surface area (Å²) in [6, 6.07) is 7.10. The smallest absolute Gasteiger partial charge is 0.307 e. The standard InChI is InChI=1S/C20H24N2O4/c1-13(26-17(23)12-14-8-4-5-9-14)18(24)22-16-11-7-6-10-15(16)21-19(25)20(22,2)3/h4,6-8,10-11,13-14H,5,9,12H2,1-3H3,(H,21,25)/t13-,14-/m1/s1. The topological polar surface area (TPSA) is 75.7 Å². The Morgan fingerprint density at radius 1 is 1.35 bits per heavy atom. The first-order valence-electron chi connectivity index (χ1n) is 8.91. The number of amides is 2. The van der Waals surface area contributed by atoms with Crippen molar-refractivity contribution in [1.82, 2.24) is 0 Å². The molecule has 0 aromatic heterocycles. The Kier molecular flexibility index (Phi) is 4.85. The van der Waals surface area contributed by atoms with Gasteiger partial charge in [-0.25, -0.2) is 0 Å². The van der Waals surface area contributed by atoms with Crippen LogP contribution in [0.15, 0.2) is 36.4 Å². The molecule has 1 N–H and O–H groups in total. The van der Waals surface area contributed by atoms with Crippen molar-refractivity contribution < 1.29 is 19.1 Å². The van der Waals surface area contributed by atoms with Gasteiger partial charge < -0.3 is 10.1 Å². The Hall–Kier alpha value is -2.63. The van der Waals surface area contributed by atoms with Crippen LogP contribution in [0.5, 0.6) is 0 Å². The predicted molar refractivity (Wildman–Crippen MR) is 98.7 cm³/mol. The molecule has 0 radical (unpaired) electrons. The summed E-state index contributed by atoms with van der Waals surface area (Å²) in [5.41, 5.74) is 0.0869. The van der Waals surface area contributed by atoms with Crippen LogP contribution in [0.2, 0.25) is 0 Å². The number of hydrogen-bond acceptors (Lipinski definition) is 4. The predicted octanol–water partition coefficient (Wildman–Crippen LogP) is 3.04. The molecule has 0 fully saturated rings. The number of fused-ring (bicyclic) bond motifs is 1. The van der Waals surface area contributed by atoms with Crippen LogP contribution in [0.3, 0.4) is 0 Å². The van der Waals surface area contributed by atoms with E-state index in [9.17, 15) is 14.4 Å². The van der Waals surface area contributed by atoms with Crippen molar-refractivity contribution in [2.24, 2.45) is 5.92 Å². The summed E-state index contributed by atoms with van der Waals surface area (Å²) >= 11 is 0. The number of benzene rings is 1. The lowest BCUT2D eigenvalue weighted by molar-refractivity contribution is -0.155. The minimum absolute atomic E-state index is 0.183. The third-order valence-corrected chi connectivity index (χ3v) is 4.93. The maximum absolute atomic E-state index is 13.0. The SMILES string of the molecule is C[C@@H](OC(=O)C[C@@H]1C=CCC1)C(=O)N1c2ccccc2NC(=O)C1(C)C. The van der Waals surface area contributed by atoms with Gasteiger partial charge in [-0.15, -0.1) is 0 Å². The van der Waals surface area contributed by atoms with Crippen molar-refractivity contribution in [1.29, 1.82) is 0 Å². The summed E-state index contributed by atoms with van der Waals surface area (Å²) in [6.45, 7) is 4.90. The lowest BCUT2D eigenvalue weighted by Crippen LogP contribution is -2.60. The monoisotopic (exact) mass is 356 g/mol. The highest BCUT2D eigenvalue weighted by atomic mass is 16.5. The zero-order valence-corrected chi connectivity index (χ0v) is 15.3. The van der Waals surface area contributed by atoms with E-state index in [-0.39, 0.29) is 18.2 Å². The molecule has 3 rings (SSSR count). The number of ether oxygens (including phenoxy) is 1. The maximum Gasteiger partial charge on any atom is 0.307 e. The molecule has 1 heterocycles. The molecule has 0 saturated carbocycles. The van der Waals surface area contributed by atoms with Gasteiger partial charge in [0, 0.05) is 0 Å². The number of esters is 1. The van der Waals surface area contributed by atoms with Gasteiger partial charge in [0.1, 0.15) is 5.54 Å². The second-order valence-corrected chi connectivity index (χ2v) is 7.31. The van der Waals surface area contributed by atoms with E-state index in [2.05, 4.69) is 11.4 Å². The van der Waals surface area contributed by atoms with Crippen molar-refractivity contribution in [3.8, 4) is 0 Å². The van der Waals surface area contributed by atoms with Crippen molar-refractivity contribution in [2.45, 2.75) is 51.7 Å². The fraction of sp³-hybridized carbons (Fsp3) is 0.450. The van der Waals surface area contributed by atoms with Crippen LogP contribution in [0.25, 0.3) is 0 Å². The number of nitrogens with zero attached hydrogens (tertiary/aromatic N) is 1. The van der Waals surface area contributed by atoms with Gasteiger partial charge in [0.15, 0.2) is 6.10 Å². The molecule has 0 saturated heterocycles. The summed E-state index contributed by atoms with van der Waals surface area (Å²) in [4.78, 5) is 39.1. The lowest BCUT2D eigenvalue weighted by atomic mass is 9.95. The van der Waals surface area contributed by atoms with E-state index >= 15 is 0 Å². The quantitative estimate of drug-likeness (QED) is 0.665. The van der Waals surface area contributed by atoms with Crippen LogP contribution in [-0.4, -0.2) is 29.4 Å². The minimum Gasteiger partial charge on any atom is -0.453 e. The van der Waals surface area contributed by atoms with Crippen LogP contribution in [-0.2, 0) is 19.1 Å². The van der Waals surface area contributed by atoms with E-state index in [1.54, 1.807) is 45.0 Å². The van der Waals surface area contributed by atoms with Crippen LogP contribution >= 0.6 is 0 Å². The van der Waals surface area contributed by atoms with Crippen molar-refractivity contribution in [2.75, 3.05) is 10.2 Å². The zero-order chi connectivity index (χ0) is 18.9. The molecule has 2 amide bonds. The normalized spacial score (nSPS) is 21.7. The number of anilines is 2. The number of carbonyl (C=O) groups is 3. The average molecular weight is 356 g/mol. The molecule has 1 aromatic carbocycles. The van der Waals surface area contributed by atoms with Gasteiger partial charge in [0.25, 0.3) is 5.91 Å². The van der Waals surface area contributed by atoms with Crippen LogP contribution in [0.4, 0.5) is 11.4 Å². The van der Waals surface area contributed by atoms with Crippen molar-refractivity contribution in [3.63, 3.8) is 0 Å². The summed E-state index contributed by atoms with van der Waals surface area (Å²) in [5, 5.41) is 2.81. The number of para-hydroxylation sites is 2. The molecular formula is C20H24N2O4. The third-order valence-electron chi connectivity index (χ3n) is 4.93. The second kappa shape index (κ2) is 6.94. The average Bonchev–Trinajstić information content (AvgIpc) is 3.08. The molecule has 1 aliphatic carbocycles. The Balaban J connectivity index is 1.77. The number of nitrogens with one attached hydrogen (secondary N) is 1. The molecule has 138 valence electrons. The molecule has 0 spiro atoms. The molecule has 26 heavy (non-hydrogen) atoms. The highest BCUT2D eigenvalue weighted by Gasteiger charge is 2.45. The fourth-order valence-corrected chi connectivity index (χ4v) is 3.40. The van der Waals surface area contributed by atoms with Crippen molar-refractivity contribution in [3.05, 3.63) is 36.4 Å². The van der Waals surface area contributed by atoms with Gasteiger partial charge in [0.05, 0.1) is 17.8 Å². The summed E-state index contributed by atoms with van der Waals surface area (Å²) < 4.78 is 5.38. The van der Waals surface area contributed by atoms with Gasteiger partial charge in [-0.05, 0) is 51.7 Å². The molecule has 2 aliphatic rings. The maximum atomic E-state index is 13.0. The Labute approximate surface area is 153 Å². The first-order valence-corrected chi connectivity index (χ1v) is 8.91. The van der Waals surface area contributed by atoms with Gasteiger partial charge in [-0.3, -0.25) is 19.3 Å². The van der Waals surface area contributed by atoms with E-state index in [1.165, 1.54) is 4.90 Å². The van der Waals surface area contributed by atoms with Crippen LogP contribution < -0.4 is 10.2 Å². The largest absolute Gasteiger partial charge is 0.453 e. The van der Waals surface area contributed by atoms with Gasteiger partial charge >= 0.3 is 5.97 Å². The first kappa shape index (κ1) is 18.2. The third kappa shape index (κ3) is 3.36. The summed E-state index contributed by atoms with van der Waals surface area (Å²) in [5.74, 6) is -0.899. The highest BCUT2D eigenvalue weighted by molar-refractivity contribution is 6.15. The van der Waals surface area contributed by atoms with E-state index in [0.29, 0.717) is 11.4 Å². The number of allylic oxidation sites excluding steroid dienone is 2.